The molecule has 0 bridgehead atoms. The second kappa shape index (κ2) is 5.00. The highest BCUT2D eigenvalue weighted by atomic mass is 19.1. The van der Waals surface area contributed by atoms with E-state index in [0.717, 1.165) is 18.4 Å². The Kier molecular flexibility index (Phi) is 3.20. The standard InChI is InChI=1S/C18H17F/c1-2-13-3-4-17-12-16(6-5-15(17)11-13)14-7-9-18(19)10-8-14/h2,5-10,12-13H,1,3-4,11H2. The first-order chi connectivity index (χ1) is 9.26. The second-order valence-corrected chi connectivity index (χ2v) is 5.23. The summed E-state index contributed by atoms with van der Waals surface area (Å²) in [7, 11) is 0. The lowest BCUT2D eigenvalue weighted by Crippen LogP contribution is -2.11. The second-order valence-electron chi connectivity index (χ2n) is 5.23. The molecular formula is C18H17F. The maximum Gasteiger partial charge on any atom is 0.123 e. The van der Waals surface area contributed by atoms with Gasteiger partial charge in [-0.15, -0.1) is 6.58 Å². The molecule has 0 saturated heterocycles. The monoisotopic (exact) mass is 252 g/mol. The van der Waals surface area contributed by atoms with Crippen LogP contribution in [0, 0.1) is 11.7 Å². The van der Waals surface area contributed by atoms with Crippen LogP contribution in [-0.2, 0) is 12.8 Å². The van der Waals surface area contributed by atoms with Crippen molar-refractivity contribution in [2.24, 2.45) is 5.92 Å². The van der Waals surface area contributed by atoms with Crippen LogP contribution in [0.15, 0.2) is 55.1 Å². The zero-order chi connectivity index (χ0) is 13.2. The minimum Gasteiger partial charge on any atom is -0.207 e. The van der Waals surface area contributed by atoms with Crippen molar-refractivity contribution in [3.8, 4) is 11.1 Å². The van der Waals surface area contributed by atoms with E-state index in [1.54, 1.807) is 0 Å². The maximum atomic E-state index is 12.9. The Balaban J connectivity index is 1.94. The normalized spacial score (nSPS) is 17.8. The maximum absolute atomic E-state index is 12.9. The van der Waals surface area contributed by atoms with Gasteiger partial charge < -0.3 is 0 Å². The van der Waals surface area contributed by atoms with E-state index >= 15 is 0 Å². The molecule has 0 aliphatic heterocycles. The molecular weight excluding hydrogens is 235 g/mol. The van der Waals surface area contributed by atoms with Gasteiger partial charge in [-0.05, 0) is 59.6 Å². The quantitative estimate of drug-likeness (QED) is 0.674. The average Bonchev–Trinajstić information content (AvgIpc) is 2.47. The first-order valence-corrected chi connectivity index (χ1v) is 6.76. The average molecular weight is 252 g/mol. The minimum absolute atomic E-state index is 0.185. The lowest BCUT2D eigenvalue weighted by Gasteiger charge is -2.22. The van der Waals surface area contributed by atoms with Crippen LogP contribution in [0.25, 0.3) is 11.1 Å². The van der Waals surface area contributed by atoms with Gasteiger partial charge in [0.2, 0.25) is 0 Å². The van der Waals surface area contributed by atoms with Crippen molar-refractivity contribution in [3.63, 3.8) is 0 Å². The molecule has 1 aliphatic carbocycles. The van der Waals surface area contributed by atoms with Crippen LogP contribution in [0.2, 0.25) is 0 Å². The number of halogens is 1. The SMILES string of the molecule is C=CC1CCc2cc(-c3ccc(F)cc3)ccc2C1. The van der Waals surface area contributed by atoms with E-state index in [2.05, 4.69) is 30.9 Å². The summed E-state index contributed by atoms with van der Waals surface area (Å²) in [6.07, 6.45) is 5.46. The van der Waals surface area contributed by atoms with E-state index in [4.69, 9.17) is 0 Å². The molecule has 0 fully saturated rings. The molecule has 0 N–H and O–H groups in total. The van der Waals surface area contributed by atoms with Crippen LogP contribution in [0.3, 0.4) is 0 Å². The van der Waals surface area contributed by atoms with Crippen molar-refractivity contribution < 1.29 is 4.39 Å². The van der Waals surface area contributed by atoms with Gasteiger partial charge in [0.15, 0.2) is 0 Å². The summed E-state index contributed by atoms with van der Waals surface area (Å²) in [5.41, 5.74) is 5.12. The summed E-state index contributed by atoms with van der Waals surface area (Å²) in [6.45, 7) is 3.90. The Morgan fingerprint density at radius 2 is 1.74 bits per heavy atom. The van der Waals surface area contributed by atoms with Crippen LogP contribution >= 0.6 is 0 Å². The van der Waals surface area contributed by atoms with Gasteiger partial charge in [0.25, 0.3) is 0 Å². The van der Waals surface area contributed by atoms with Crippen molar-refractivity contribution >= 4 is 0 Å². The molecule has 0 saturated carbocycles. The third kappa shape index (κ3) is 2.46. The molecule has 19 heavy (non-hydrogen) atoms. The first kappa shape index (κ1) is 12.2. The largest absolute Gasteiger partial charge is 0.207 e. The van der Waals surface area contributed by atoms with Crippen LogP contribution in [0.1, 0.15) is 17.5 Å². The van der Waals surface area contributed by atoms with E-state index < -0.39 is 0 Å². The van der Waals surface area contributed by atoms with E-state index in [1.807, 2.05) is 12.1 Å². The summed E-state index contributed by atoms with van der Waals surface area (Å²) in [4.78, 5) is 0. The Bertz CT molecular complexity index is 596. The summed E-state index contributed by atoms with van der Waals surface area (Å²) >= 11 is 0. The van der Waals surface area contributed by atoms with Gasteiger partial charge in [0.1, 0.15) is 5.82 Å². The Labute approximate surface area is 113 Å². The number of fused-ring (bicyclic) bond motifs is 1. The van der Waals surface area contributed by atoms with Crippen molar-refractivity contribution in [3.05, 3.63) is 72.1 Å². The lowest BCUT2D eigenvalue weighted by molar-refractivity contribution is 0.554. The van der Waals surface area contributed by atoms with E-state index in [-0.39, 0.29) is 5.82 Å². The minimum atomic E-state index is -0.185. The van der Waals surface area contributed by atoms with Crippen LogP contribution in [-0.4, -0.2) is 0 Å². The fourth-order valence-electron chi connectivity index (χ4n) is 2.81. The third-order valence-electron chi connectivity index (χ3n) is 3.98. The molecule has 0 nitrogen and oxygen atoms in total. The van der Waals surface area contributed by atoms with Crippen molar-refractivity contribution in [1.82, 2.24) is 0 Å². The number of benzene rings is 2. The van der Waals surface area contributed by atoms with Gasteiger partial charge in [-0.1, -0.05) is 36.4 Å². The molecule has 2 aromatic carbocycles. The first-order valence-electron chi connectivity index (χ1n) is 6.76. The molecule has 1 heteroatoms. The molecule has 3 rings (SSSR count). The molecule has 0 amide bonds. The molecule has 0 heterocycles. The number of hydrogen-bond donors (Lipinski definition) is 0. The Hall–Kier alpha value is -1.89. The predicted octanol–water partition coefficient (Wildman–Crippen LogP) is 4.78. The van der Waals surface area contributed by atoms with E-state index in [1.165, 1.54) is 35.2 Å². The van der Waals surface area contributed by atoms with Crippen molar-refractivity contribution in [2.45, 2.75) is 19.3 Å². The van der Waals surface area contributed by atoms with E-state index in [9.17, 15) is 4.39 Å². The van der Waals surface area contributed by atoms with Gasteiger partial charge in [-0.25, -0.2) is 4.39 Å². The van der Waals surface area contributed by atoms with Crippen molar-refractivity contribution in [2.75, 3.05) is 0 Å². The number of aryl methyl sites for hydroxylation is 1. The van der Waals surface area contributed by atoms with E-state index in [0.29, 0.717) is 5.92 Å². The molecule has 0 radical (unpaired) electrons. The predicted molar refractivity (Wildman–Crippen MR) is 77.5 cm³/mol. The fraction of sp³-hybridized carbons (Fsp3) is 0.222. The summed E-state index contributed by atoms with van der Waals surface area (Å²) < 4.78 is 12.9. The molecule has 96 valence electrons. The smallest absolute Gasteiger partial charge is 0.123 e. The van der Waals surface area contributed by atoms with Crippen LogP contribution in [0.5, 0.6) is 0 Å². The van der Waals surface area contributed by atoms with Gasteiger partial charge in [-0.3, -0.25) is 0 Å². The summed E-state index contributed by atoms with van der Waals surface area (Å²) in [5, 5.41) is 0. The summed E-state index contributed by atoms with van der Waals surface area (Å²) in [5.74, 6) is 0.430. The van der Waals surface area contributed by atoms with Gasteiger partial charge in [0.05, 0.1) is 0 Å². The topological polar surface area (TPSA) is 0 Å². The van der Waals surface area contributed by atoms with Crippen LogP contribution in [0.4, 0.5) is 4.39 Å². The highest BCUT2D eigenvalue weighted by Gasteiger charge is 2.16. The summed E-state index contributed by atoms with van der Waals surface area (Å²) in [6, 6.07) is 13.3. The van der Waals surface area contributed by atoms with Gasteiger partial charge >= 0.3 is 0 Å². The zero-order valence-electron chi connectivity index (χ0n) is 10.9. The zero-order valence-corrected chi connectivity index (χ0v) is 10.9. The number of allylic oxidation sites excluding steroid dienone is 1. The van der Waals surface area contributed by atoms with Gasteiger partial charge in [-0.2, -0.15) is 0 Å². The van der Waals surface area contributed by atoms with Crippen LogP contribution < -0.4 is 0 Å². The molecule has 0 spiro atoms. The number of hydrogen-bond acceptors (Lipinski definition) is 0. The highest BCUT2D eigenvalue weighted by Crippen LogP contribution is 2.30. The molecule has 1 atom stereocenters. The van der Waals surface area contributed by atoms with Gasteiger partial charge in [0, 0.05) is 0 Å². The lowest BCUT2D eigenvalue weighted by atomic mass is 9.83. The molecule has 2 aromatic rings. The third-order valence-corrected chi connectivity index (χ3v) is 3.98. The molecule has 0 aromatic heterocycles. The van der Waals surface area contributed by atoms with Crippen molar-refractivity contribution in [1.29, 1.82) is 0 Å². The Morgan fingerprint density at radius 1 is 1.00 bits per heavy atom. The molecule has 1 aliphatic rings. The fourth-order valence-corrected chi connectivity index (χ4v) is 2.81. The Morgan fingerprint density at radius 3 is 2.47 bits per heavy atom. The molecule has 1 unspecified atom stereocenters. The number of rotatable bonds is 2. The highest BCUT2D eigenvalue weighted by molar-refractivity contribution is 5.65.